The summed E-state index contributed by atoms with van der Waals surface area (Å²) in [5, 5.41) is 0. The Morgan fingerprint density at radius 1 is 0.769 bits per heavy atom. The Morgan fingerprint density at radius 3 is 2.12 bits per heavy atom. The molecular weight excluding hydrogens is 316 g/mol. The van der Waals surface area contributed by atoms with E-state index in [1.807, 2.05) is 0 Å². The van der Waals surface area contributed by atoms with Gasteiger partial charge in [-0.2, -0.15) is 0 Å². The summed E-state index contributed by atoms with van der Waals surface area (Å²) < 4.78 is 4.80. The number of nitrogens with zero attached hydrogens (tertiary/aromatic N) is 2. The largest absolute Gasteiger partial charge is 0.244 e. The van der Waals surface area contributed by atoms with E-state index in [0.717, 1.165) is 25.9 Å². The second-order valence-electron chi connectivity index (χ2n) is 6.97. The topological polar surface area (TPSA) is 8.81 Å². The van der Waals surface area contributed by atoms with Crippen LogP contribution >= 0.6 is 0 Å². The molecule has 0 amide bonds. The first-order valence-electron chi connectivity index (χ1n) is 9.36. The van der Waals surface area contributed by atoms with Gasteiger partial charge in [0.1, 0.15) is 0 Å². The zero-order valence-corrected chi connectivity index (χ0v) is 15.3. The van der Waals surface area contributed by atoms with Crippen LogP contribution in [0.5, 0.6) is 0 Å². The molecule has 130 valence electrons. The third-order valence-electron chi connectivity index (χ3n) is 5.00. The van der Waals surface area contributed by atoms with Crippen LogP contribution in [0, 0.1) is 6.92 Å². The molecule has 2 nitrogen and oxygen atoms in total. The quantitative estimate of drug-likeness (QED) is 0.449. The molecule has 0 saturated carbocycles. The Bertz CT molecular complexity index is 985. The molecule has 0 atom stereocenters. The molecule has 0 aliphatic rings. The Morgan fingerprint density at radius 2 is 1.42 bits per heavy atom. The third-order valence-corrected chi connectivity index (χ3v) is 5.00. The third kappa shape index (κ3) is 3.70. The van der Waals surface area contributed by atoms with Crippen LogP contribution in [-0.2, 0) is 25.9 Å². The minimum Gasteiger partial charge on any atom is -0.230 e. The van der Waals surface area contributed by atoms with Crippen LogP contribution in [0.25, 0.3) is 11.0 Å². The van der Waals surface area contributed by atoms with Gasteiger partial charge in [0.2, 0.25) is 6.33 Å². The molecule has 0 unspecified atom stereocenters. The summed E-state index contributed by atoms with van der Waals surface area (Å²) in [6, 6.07) is 28.2. The number of aryl methyl sites for hydroxylation is 5. The van der Waals surface area contributed by atoms with Crippen molar-refractivity contribution in [2.75, 3.05) is 0 Å². The fourth-order valence-corrected chi connectivity index (χ4v) is 3.54. The van der Waals surface area contributed by atoms with Crippen LogP contribution in [-0.4, -0.2) is 4.57 Å². The first-order chi connectivity index (χ1) is 12.8. The summed E-state index contributed by atoms with van der Waals surface area (Å²) in [5.41, 5.74) is 6.73. The van der Waals surface area contributed by atoms with E-state index in [0.29, 0.717) is 0 Å². The summed E-state index contributed by atoms with van der Waals surface area (Å²) in [6.07, 6.45) is 4.39. The number of hydrogen-bond acceptors (Lipinski definition) is 0. The van der Waals surface area contributed by atoms with Crippen molar-refractivity contribution in [1.29, 1.82) is 0 Å². The molecule has 4 aromatic rings. The maximum atomic E-state index is 2.40. The van der Waals surface area contributed by atoms with E-state index >= 15 is 0 Å². The van der Waals surface area contributed by atoms with Crippen LogP contribution in [0.1, 0.15) is 16.7 Å². The molecule has 0 saturated heterocycles. The Balaban J connectivity index is 1.59. The molecule has 1 aromatic heterocycles. The highest BCUT2D eigenvalue weighted by Gasteiger charge is 2.15. The van der Waals surface area contributed by atoms with E-state index in [2.05, 4.69) is 101 Å². The summed E-state index contributed by atoms with van der Waals surface area (Å²) in [6.45, 7) is 4.17. The number of benzene rings is 3. The second kappa shape index (κ2) is 7.57. The van der Waals surface area contributed by atoms with Crippen LogP contribution in [0.15, 0.2) is 85.2 Å². The first-order valence-corrected chi connectivity index (χ1v) is 9.36. The number of rotatable bonds is 6. The van der Waals surface area contributed by atoms with Crippen LogP contribution in [0.2, 0.25) is 0 Å². The number of aromatic nitrogens is 2. The average Bonchev–Trinajstić information content (AvgIpc) is 3.03. The normalized spacial score (nSPS) is 11.1. The van der Waals surface area contributed by atoms with Gasteiger partial charge in [-0.15, -0.1) is 0 Å². The second-order valence-corrected chi connectivity index (χ2v) is 6.97. The van der Waals surface area contributed by atoms with Crippen molar-refractivity contribution < 1.29 is 4.57 Å². The van der Waals surface area contributed by atoms with Crippen molar-refractivity contribution in [3.63, 3.8) is 0 Å². The molecule has 0 aliphatic heterocycles. The molecule has 0 radical (unpaired) electrons. The van der Waals surface area contributed by atoms with Crippen molar-refractivity contribution in [1.82, 2.24) is 4.57 Å². The van der Waals surface area contributed by atoms with Gasteiger partial charge in [0, 0.05) is 12.8 Å². The van der Waals surface area contributed by atoms with Crippen LogP contribution < -0.4 is 4.57 Å². The summed E-state index contributed by atoms with van der Waals surface area (Å²) in [5.74, 6) is 0. The maximum Gasteiger partial charge on any atom is 0.244 e. The number of fused-ring (bicyclic) bond motifs is 1. The van der Waals surface area contributed by atoms with Gasteiger partial charge in [-0.25, -0.2) is 9.13 Å². The fourth-order valence-electron chi connectivity index (χ4n) is 3.54. The van der Waals surface area contributed by atoms with Gasteiger partial charge in [-0.3, -0.25) is 0 Å². The molecule has 0 bridgehead atoms. The fraction of sp³-hybridized carbons (Fsp3) is 0.208. The van der Waals surface area contributed by atoms with Crippen LogP contribution in [0.3, 0.4) is 0 Å². The highest BCUT2D eigenvalue weighted by molar-refractivity contribution is 5.72. The lowest BCUT2D eigenvalue weighted by Crippen LogP contribution is -2.33. The average molecular weight is 341 g/mol. The minimum absolute atomic E-state index is 1.00. The van der Waals surface area contributed by atoms with Gasteiger partial charge >= 0.3 is 0 Å². The molecule has 26 heavy (non-hydrogen) atoms. The summed E-state index contributed by atoms with van der Waals surface area (Å²) in [4.78, 5) is 0. The van der Waals surface area contributed by atoms with Crippen molar-refractivity contribution in [2.45, 2.75) is 32.9 Å². The highest BCUT2D eigenvalue weighted by atomic mass is 15.1. The van der Waals surface area contributed by atoms with Gasteiger partial charge in [-0.05, 0) is 35.7 Å². The van der Waals surface area contributed by atoms with Crippen molar-refractivity contribution in [3.05, 3.63) is 102 Å². The van der Waals surface area contributed by atoms with Crippen molar-refractivity contribution in [3.8, 4) is 0 Å². The van der Waals surface area contributed by atoms with Gasteiger partial charge in [0.15, 0.2) is 11.0 Å². The molecule has 3 aromatic carbocycles. The number of hydrogen-bond donors (Lipinski definition) is 0. The molecule has 1 heterocycles. The van der Waals surface area contributed by atoms with E-state index in [9.17, 15) is 0 Å². The Labute approximate surface area is 155 Å². The Hall–Kier alpha value is -2.87. The zero-order valence-electron chi connectivity index (χ0n) is 15.3. The maximum absolute atomic E-state index is 2.40. The van der Waals surface area contributed by atoms with Gasteiger partial charge in [0.25, 0.3) is 0 Å². The predicted octanol–water partition coefficient (Wildman–Crippen LogP) is 4.72. The molecule has 0 fully saturated rings. The number of imidazole rings is 1. The highest BCUT2D eigenvalue weighted by Crippen LogP contribution is 2.15. The van der Waals surface area contributed by atoms with Crippen molar-refractivity contribution >= 4 is 11.0 Å². The monoisotopic (exact) mass is 341 g/mol. The van der Waals surface area contributed by atoms with E-state index in [1.165, 1.54) is 27.7 Å². The molecule has 0 aliphatic carbocycles. The predicted molar refractivity (Wildman–Crippen MR) is 107 cm³/mol. The SMILES string of the molecule is Cc1ccc2c(c1)n(CCc1ccccc1)c[n+]2CCc1ccccc1. The molecule has 0 spiro atoms. The first kappa shape index (κ1) is 16.6. The van der Waals surface area contributed by atoms with Gasteiger partial charge in [-0.1, -0.05) is 66.7 Å². The molecular formula is C24H25N2+. The molecule has 0 N–H and O–H groups in total. The van der Waals surface area contributed by atoms with E-state index in [4.69, 9.17) is 0 Å². The standard InChI is InChI=1S/C24H25N2/c1-20-12-13-23-24(18-20)26(17-15-22-10-6-3-7-11-22)19-25(23)16-14-21-8-4-2-5-9-21/h2-13,18-19H,14-17H2,1H3/q+1. The smallest absolute Gasteiger partial charge is 0.230 e. The zero-order chi connectivity index (χ0) is 17.8. The Kier molecular flexibility index (Phi) is 4.83. The van der Waals surface area contributed by atoms with Crippen molar-refractivity contribution in [2.24, 2.45) is 0 Å². The van der Waals surface area contributed by atoms with E-state index in [-0.39, 0.29) is 0 Å². The lowest BCUT2D eigenvalue weighted by molar-refractivity contribution is -0.671. The van der Waals surface area contributed by atoms with Gasteiger partial charge in [0.05, 0.1) is 13.1 Å². The lowest BCUT2D eigenvalue weighted by atomic mass is 10.1. The van der Waals surface area contributed by atoms with Gasteiger partial charge < -0.3 is 0 Å². The van der Waals surface area contributed by atoms with E-state index < -0.39 is 0 Å². The summed E-state index contributed by atoms with van der Waals surface area (Å²) >= 11 is 0. The molecule has 4 rings (SSSR count). The molecule has 2 heteroatoms. The lowest BCUT2D eigenvalue weighted by Gasteiger charge is -1.99. The summed E-state index contributed by atoms with van der Waals surface area (Å²) in [7, 11) is 0. The van der Waals surface area contributed by atoms with Crippen LogP contribution in [0.4, 0.5) is 0 Å². The van der Waals surface area contributed by atoms with E-state index in [1.54, 1.807) is 0 Å². The minimum atomic E-state index is 1.00.